The van der Waals surface area contributed by atoms with Gasteiger partial charge in [0.25, 0.3) is 0 Å². The first kappa shape index (κ1) is 24.5. The van der Waals surface area contributed by atoms with Crippen molar-refractivity contribution in [2.24, 2.45) is 17.8 Å². The highest BCUT2D eigenvalue weighted by Crippen LogP contribution is 2.33. The Bertz CT molecular complexity index is 527. The summed E-state index contributed by atoms with van der Waals surface area (Å²) in [7, 11) is 1.68. The quantitative estimate of drug-likeness (QED) is 0.308. The molecule has 0 aliphatic heterocycles. The van der Waals surface area contributed by atoms with E-state index in [4.69, 9.17) is 9.84 Å². The molecule has 160 valence electrons. The highest BCUT2D eigenvalue weighted by Gasteiger charge is 2.39. The van der Waals surface area contributed by atoms with Gasteiger partial charge in [-0.05, 0) is 38.0 Å². The summed E-state index contributed by atoms with van der Waals surface area (Å²) >= 11 is 0. The zero-order valence-electron chi connectivity index (χ0n) is 17.1. The fourth-order valence-corrected chi connectivity index (χ4v) is 3.57. The number of aliphatic hydroxyl groups excluding tert-OH is 2. The largest absolute Gasteiger partial charge is 0.481 e. The summed E-state index contributed by atoms with van der Waals surface area (Å²) in [5.74, 6) is -1.23. The maximum atomic E-state index is 12.2. The van der Waals surface area contributed by atoms with Crippen molar-refractivity contribution >= 4 is 11.8 Å². The van der Waals surface area contributed by atoms with E-state index in [0.717, 1.165) is 25.9 Å². The molecule has 6 heteroatoms. The number of aliphatic carboxylic acids is 1. The Kier molecular flexibility index (Phi) is 12.0. The Morgan fingerprint density at radius 2 is 2.04 bits per heavy atom. The van der Waals surface area contributed by atoms with Crippen LogP contribution in [0.4, 0.5) is 0 Å². The van der Waals surface area contributed by atoms with Crippen molar-refractivity contribution in [3.05, 3.63) is 24.3 Å². The molecule has 0 heterocycles. The minimum absolute atomic E-state index is 0.0411. The second kappa shape index (κ2) is 13.6. The first-order valence-corrected chi connectivity index (χ1v) is 10.3. The highest BCUT2D eigenvalue weighted by molar-refractivity contribution is 5.84. The molecule has 0 aromatic heterocycles. The molecule has 5 atom stereocenters. The van der Waals surface area contributed by atoms with Gasteiger partial charge in [0.1, 0.15) is 5.78 Å². The highest BCUT2D eigenvalue weighted by atomic mass is 16.5. The van der Waals surface area contributed by atoms with Gasteiger partial charge in [0.2, 0.25) is 0 Å². The summed E-state index contributed by atoms with van der Waals surface area (Å²) in [5, 5.41) is 29.2. The number of Topliss-reactive ketones (excluding diaryl/α,β-unsaturated/α-hetero) is 1. The van der Waals surface area contributed by atoms with E-state index < -0.39 is 18.2 Å². The van der Waals surface area contributed by atoms with E-state index in [0.29, 0.717) is 19.3 Å². The van der Waals surface area contributed by atoms with Crippen molar-refractivity contribution in [3.63, 3.8) is 0 Å². The molecule has 1 saturated carbocycles. The number of carboxylic acids is 1. The molecule has 1 aliphatic carbocycles. The number of hydrogen-bond acceptors (Lipinski definition) is 5. The van der Waals surface area contributed by atoms with Crippen molar-refractivity contribution in [2.45, 2.75) is 70.5 Å². The van der Waals surface area contributed by atoms with Crippen LogP contribution in [0, 0.1) is 17.8 Å². The lowest BCUT2D eigenvalue weighted by molar-refractivity contribution is -0.137. The Balaban J connectivity index is 2.50. The van der Waals surface area contributed by atoms with Crippen LogP contribution in [-0.2, 0) is 14.3 Å². The van der Waals surface area contributed by atoms with Gasteiger partial charge in [-0.3, -0.25) is 9.59 Å². The Hall–Kier alpha value is -1.50. The Labute approximate surface area is 168 Å². The Morgan fingerprint density at radius 1 is 1.29 bits per heavy atom. The molecule has 0 aromatic carbocycles. The van der Waals surface area contributed by atoms with Crippen molar-refractivity contribution in [1.29, 1.82) is 0 Å². The number of allylic oxidation sites excluding steroid dienone is 2. The number of hydrogen-bond donors (Lipinski definition) is 3. The van der Waals surface area contributed by atoms with Gasteiger partial charge in [0, 0.05) is 38.4 Å². The van der Waals surface area contributed by atoms with Crippen molar-refractivity contribution in [2.75, 3.05) is 13.7 Å². The van der Waals surface area contributed by atoms with Crippen LogP contribution < -0.4 is 0 Å². The van der Waals surface area contributed by atoms with E-state index in [2.05, 4.69) is 0 Å². The third kappa shape index (κ3) is 9.13. The number of ketones is 1. The van der Waals surface area contributed by atoms with E-state index in [-0.39, 0.29) is 36.4 Å². The maximum Gasteiger partial charge on any atom is 0.303 e. The van der Waals surface area contributed by atoms with Gasteiger partial charge in [-0.2, -0.15) is 0 Å². The van der Waals surface area contributed by atoms with Crippen LogP contribution in [0.5, 0.6) is 0 Å². The first-order valence-electron chi connectivity index (χ1n) is 10.3. The smallest absolute Gasteiger partial charge is 0.303 e. The lowest BCUT2D eigenvalue weighted by Crippen LogP contribution is -2.20. The van der Waals surface area contributed by atoms with Crippen LogP contribution in [-0.4, -0.2) is 53.0 Å². The number of methoxy groups -OCH3 is 1. The SMILES string of the molecule is COCCCC[C@H](C)[C@H](O)/C=C/[C@H]1[C@H](O)CC(=O)[C@@H]1C/C=C/CCCC(=O)O. The summed E-state index contributed by atoms with van der Waals surface area (Å²) in [5.41, 5.74) is 0. The summed E-state index contributed by atoms with van der Waals surface area (Å²) in [4.78, 5) is 22.7. The molecule has 0 spiro atoms. The summed E-state index contributed by atoms with van der Waals surface area (Å²) in [6.45, 7) is 2.72. The maximum absolute atomic E-state index is 12.2. The summed E-state index contributed by atoms with van der Waals surface area (Å²) in [6.07, 6.45) is 10.9. The van der Waals surface area contributed by atoms with Crippen LogP contribution in [0.15, 0.2) is 24.3 Å². The lowest BCUT2D eigenvalue weighted by atomic mass is 9.89. The molecule has 0 unspecified atom stereocenters. The van der Waals surface area contributed by atoms with Crippen LogP contribution in [0.1, 0.15) is 58.3 Å². The molecule has 3 N–H and O–H groups in total. The minimum Gasteiger partial charge on any atom is -0.481 e. The van der Waals surface area contributed by atoms with Crippen LogP contribution >= 0.6 is 0 Å². The van der Waals surface area contributed by atoms with Crippen molar-refractivity contribution in [1.82, 2.24) is 0 Å². The van der Waals surface area contributed by atoms with Gasteiger partial charge in [0.05, 0.1) is 12.2 Å². The number of carbonyl (C=O) groups is 2. The predicted octanol–water partition coefficient (Wildman–Crippen LogP) is 3.12. The fraction of sp³-hybridized carbons (Fsp3) is 0.727. The molecule has 28 heavy (non-hydrogen) atoms. The zero-order valence-corrected chi connectivity index (χ0v) is 17.1. The average Bonchev–Trinajstić information content (AvgIpc) is 2.91. The lowest BCUT2D eigenvalue weighted by Gasteiger charge is -2.19. The first-order chi connectivity index (χ1) is 13.4. The van der Waals surface area contributed by atoms with E-state index in [9.17, 15) is 19.8 Å². The van der Waals surface area contributed by atoms with Crippen LogP contribution in [0.2, 0.25) is 0 Å². The normalized spacial score (nSPS) is 25.0. The molecular weight excluding hydrogens is 360 g/mol. The molecular formula is C22H36O6. The molecule has 1 rings (SSSR count). The number of rotatable bonds is 14. The third-order valence-electron chi connectivity index (χ3n) is 5.42. The van der Waals surface area contributed by atoms with E-state index in [1.54, 1.807) is 19.3 Å². The summed E-state index contributed by atoms with van der Waals surface area (Å²) < 4.78 is 5.03. The van der Waals surface area contributed by atoms with Gasteiger partial charge >= 0.3 is 5.97 Å². The van der Waals surface area contributed by atoms with Crippen molar-refractivity contribution < 1.29 is 29.6 Å². The minimum atomic E-state index is -0.806. The second-order valence-electron chi connectivity index (χ2n) is 7.76. The molecule has 0 amide bonds. The third-order valence-corrected chi connectivity index (χ3v) is 5.42. The number of aliphatic hydroxyl groups is 2. The molecule has 6 nitrogen and oxygen atoms in total. The number of carboxylic acid groups (broad SMARTS) is 1. The molecule has 0 radical (unpaired) electrons. The van der Waals surface area contributed by atoms with Gasteiger partial charge in [-0.15, -0.1) is 0 Å². The predicted molar refractivity (Wildman–Crippen MR) is 108 cm³/mol. The Morgan fingerprint density at radius 3 is 2.71 bits per heavy atom. The van der Waals surface area contributed by atoms with E-state index >= 15 is 0 Å². The van der Waals surface area contributed by atoms with Gasteiger partial charge in [-0.1, -0.05) is 37.6 Å². The molecule has 0 saturated heterocycles. The number of ether oxygens (including phenoxy) is 1. The average molecular weight is 397 g/mol. The fourth-order valence-electron chi connectivity index (χ4n) is 3.57. The molecule has 1 aliphatic rings. The van der Waals surface area contributed by atoms with Crippen LogP contribution in [0.3, 0.4) is 0 Å². The molecule has 0 aromatic rings. The molecule has 0 bridgehead atoms. The monoisotopic (exact) mass is 396 g/mol. The summed E-state index contributed by atoms with van der Waals surface area (Å²) in [6, 6.07) is 0. The van der Waals surface area contributed by atoms with Crippen LogP contribution in [0.25, 0.3) is 0 Å². The van der Waals surface area contributed by atoms with Crippen molar-refractivity contribution in [3.8, 4) is 0 Å². The topological polar surface area (TPSA) is 104 Å². The van der Waals surface area contributed by atoms with E-state index in [1.807, 2.05) is 19.1 Å². The zero-order chi connectivity index (χ0) is 20.9. The van der Waals surface area contributed by atoms with Gasteiger partial charge in [-0.25, -0.2) is 0 Å². The molecule has 1 fully saturated rings. The second-order valence-corrected chi connectivity index (χ2v) is 7.76. The van der Waals surface area contributed by atoms with Gasteiger partial charge in [0.15, 0.2) is 0 Å². The van der Waals surface area contributed by atoms with E-state index in [1.165, 1.54) is 0 Å². The number of unbranched alkanes of at least 4 members (excludes halogenated alkanes) is 2. The number of carbonyl (C=O) groups excluding carboxylic acids is 1. The van der Waals surface area contributed by atoms with Gasteiger partial charge < -0.3 is 20.1 Å². The standard InChI is InChI=1S/C22H36O6/c1-16(9-7-8-14-28-2)19(23)13-12-18-17(20(24)15-21(18)25)10-5-3-4-6-11-22(26)27/h3,5,12-13,16-19,21,23,25H,4,6-11,14-15H2,1-2H3,(H,26,27)/b5-3+,13-12+/t16-,17+,18+,19+,21+/m0/s1.